The van der Waals surface area contributed by atoms with E-state index in [9.17, 15) is 4.79 Å². The summed E-state index contributed by atoms with van der Waals surface area (Å²) in [6, 6.07) is 4.09. The number of piperidine rings is 1. The Morgan fingerprint density at radius 2 is 2.00 bits per heavy atom. The average molecular weight is 361 g/mol. The SMILES string of the molecule is CC1CCN(c2ccc(CNC(=O)C3(N)CC3)cn2)CC1.Cl.Cl. The summed E-state index contributed by atoms with van der Waals surface area (Å²) >= 11 is 0. The van der Waals surface area contributed by atoms with Crippen molar-refractivity contribution in [1.82, 2.24) is 10.3 Å². The van der Waals surface area contributed by atoms with Gasteiger partial charge in [0.05, 0.1) is 5.54 Å². The molecule has 2 fully saturated rings. The van der Waals surface area contributed by atoms with Gasteiger partial charge in [-0.05, 0) is 43.2 Å². The molecule has 3 N–H and O–H groups in total. The minimum atomic E-state index is -0.599. The van der Waals surface area contributed by atoms with Crippen LogP contribution in [0.15, 0.2) is 18.3 Å². The van der Waals surface area contributed by atoms with E-state index in [4.69, 9.17) is 5.73 Å². The standard InChI is InChI=1S/C16H24N4O.2ClH/c1-12-4-8-20(9-5-12)14-3-2-13(10-18-14)11-19-15(21)16(17)6-7-16;;/h2-3,10,12H,4-9,11,17H2,1H3,(H,19,21);2*1H. The zero-order valence-corrected chi connectivity index (χ0v) is 15.1. The lowest BCUT2D eigenvalue weighted by atomic mass is 9.99. The third kappa shape index (κ3) is 4.96. The Bertz CT molecular complexity index is 511. The van der Waals surface area contributed by atoms with E-state index < -0.39 is 5.54 Å². The molecule has 1 aromatic heterocycles. The number of hydrogen-bond donors (Lipinski definition) is 2. The zero-order chi connectivity index (χ0) is 14.9. The topological polar surface area (TPSA) is 71.2 Å². The second-order valence-electron chi connectivity index (χ2n) is 6.53. The van der Waals surface area contributed by atoms with Gasteiger partial charge >= 0.3 is 0 Å². The van der Waals surface area contributed by atoms with E-state index >= 15 is 0 Å². The Kier molecular flexibility index (Phi) is 7.11. The number of pyridine rings is 1. The van der Waals surface area contributed by atoms with Crippen molar-refractivity contribution in [2.45, 2.75) is 44.7 Å². The van der Waals surface area contributed by atoms with Crippen molar-refractivity contribution in [3.8, 4) is 0 Å². The summed E-state index contributed by atoms with van der Waals surface area (Å²) in [6.45, 7) is 4.97. The third-order valence-electron chi connectivity index (χ3n) is 4.61. The van der Waals surface area contributed by atoms with Crippen molar-refractivity contribution < 1.29 is 4.79 Å². The minimum Gasteiger partial charge on any atom is -0.357 e. The number of carbonyl (C=O) groups is 1. The van der Waals surface area contributed by atoms with Crippen molar-refractivity contribution in [1.29, 1.82) is 0 Å². The molecule has 0 spiro atoms. The van der Waals surface area contributed by atoms with Crippen molar-refractivity contribution in [3.63, 3.8) is 0 Å². The first-order valence-corrected chi connectivity index (χ1v) is 7.84. The molecule has 23 heavy (non-hydrogen) atoms. The molecule has 1 saturated heterocycles. The molecular formula is C16H26Cl2N4O. The largest absolute Gasteiger partial charge is 0.357 e. The van der Waals surface area contributed by atoms with Gasteiger partial charge in [-0.3, -0.25) is 4.79 Å². The molecule has 1 amide bonds. The van der Waals surface area contributed by atoms with Gasteiger partial charge in [-0.25, -0.2) is 4.98 Å². The average Bonchev–Trinajstić information content (AvgIpc) is 3.25. The second kappa shape index (κ2) is 8.18. The number of nitrogens with zero attached hydrogens (tertiary/aromatic N) is 2. The van der Waals surface area contributed by atoms with Crippen molar-refractivity contribution in [2.75, 3.05) is 18.0 Å². The van der Waals surface area contributed by atoms with Crippen molar-refractivity contribution in [3.05, 3.63) is 23.9 Å². The highest BCUT2D eigenvalue weighted by Gasteiger charge is 2.45. The fourth-order valence-corrected chi connectivity index (χ4v) is 2.67. The van der Waals surface area contributed by atoms with Gasteiger partial charge in [-0.1, -0.05) is 13.0 Å². The molecule has 0 unspecified atom stereocenters. The van der Waals surface area contributed by atoms with Crippen LogP contribution < -0.4 is 16.0 Å². The van der Waals surface area contributed by atoms with Gasteiger partial charge < -0.3 is 16.0 Å². The van der Waals surface area contributed by atoms with Crippen LogP contribution in [0.25, 0.3) is 0 Å². The number of anilines is 1. The van der Waals surface area contributed by atoms with Crippen LogP contribution in [-0.4, -0.2) is 29.5 Å². The zero-order valence-electron chi connectivity index (χ0n) is 13.5. The highest BCUT2D eigenvalue weighted by Crippen LogP contribution is 2.32. The van der Waals surface area contributed by atoms with Gasteiger partial charge in [0.1, 0.15) is 5.82 Å². The number of hydrogen-bond acceptors (Lipinski definition) is 4. The molecule has 0 atom stereocenters. The molecule has 130 valence electrons. The van der Waals surface area contributed by atoms with E-state index in [0.717, 1.165) is 43.2 Å². The summed E-state index contributed by atoms with van der Waals surface area (Å²) in [4.78, 5) is 18.6. The lowest BCUT2D eigenvalue weighted by Crippen LogP contribution is -2.42. The maximum atomic E-state index is 11.8. The summed E-state index contributed by atoms with van der Waals surface area (Å²) in [5.41, 5.74) is 6.27. The van der Waals surface area contributed by atoms with Crippen LogP contribution in [-0.2, 0) is 11.3 Å². The van der Waals surface area contributed by atoms with E-state index in [-0.39, 0.29) is 30.7 Å². The Morgan fingerprint density at radius 3 is 2.52 bits per heavy atom. The maximum Gasteiger partial charge on any atom is 0.240 e. The summed E-state index contributed by atoms with van der Waals surface area (Å²) < 4.78 is 0. The van der Waals surface area contributed by atoms with Crippen LogP contribution in [0, 0.1) is 5.92 Å². The minimum absolute atomic E-state index is 0. The fourth-order valence-electron chi connectivity index (χ4n) is 2.67. The molecule has 1 aliphatic heterocycles. The first kappa shape index (κ1) is 20.0. The molecule has 1 saturated carbocycles. The van der Waals surface area contributed by atoms with E-state index in [0.29, 0.717) is 6.54 Å². The van der Waals surface area contributed by atoms with Gasteiger partial charge in [0.15, 0.2) is 0 Å². The first-order chi connectivity index (χ1) is 10.1. The Morgan fingerprint density at radius 1 is 1.35 bits per heavy atom. The van der Waals surface area contributed by atoms with E-state index in [1.807, 2.05) is 18.3 Å². The molecule has 7 heteroatoms. The Hall–Kier alpha value is -1.04. The summed E-state index contributed by atoms with van der Waals surface area (Å²) in [5.74, 6) is 1.81. The van der Waals surface area contributed by atoms with E-state index in [2.05, 4.69) is 22.1 Å². The number of amides is 1. The summed E-state index contributed by atoms with van der Waals surface area (Å²) in [7, 11) is 0. The Balaban J connectivity index is 0.00000132. The second-order valence-corrected chi connectivity index (χ2v) is 6.53. The highest BCUT2D eigenvalue weighted by atomic mass is 35.5. The van der Waals surface area contributed by atoms with E-state index in [1.54, 1.807) is 0 Å². The van der Waals surface area contributed by atoms with Gasteiger partial charge in [0.25, 0.3) is 0 Å². The van der Waals surface area contributed by atoms with Crippen molar-refractivity contribution in [2.24, 2.45) is 11.7 Å². The maximum absolute atomic E-state index is 11.8. The number of nitrogens with two attached hydrogens (primary N) is 1. The number of halogens is 2. The monoisotopic (exact) mass is 360 g/mol. The van der Waals surface area contributed by atoms with Crippen LogP contribution in [0.2, 0.25) is 0 Å². The lowest BCUT2D eigenvalue weighted by Gasteiger charge is -2.31. The lowest BCUT2D eigenvalue weighted by molar-refractivity contribution is -0.123. The van der Waals surface area contributed by atoms with Crippen LogP contribution in [0.1, 0.15) is 38.2 Å². The predicted octanol–water partition coefficient (Wildman–Crippen LogP) is 2.27. The molecule has 1 aromatic rings. The smallest absolute Gasteiger partial charge is 0.240 e. The van der Waals surface area contributed by atoms with Crippen LogP contribution >= 0.6 is 24.8 Å². The molecule has 0 bridgehead atoms. The molecule has 0 radical (unpaired) electrons. The molecule has 5 nitrogen and oxygen atoms in total. The molecular weight excluding hydrogens is 335 g/mol. The number of aromatic nitrogens is 1. The number of rotatable bonds is 4. The fraction of sp³-hybridized carbons (Fsp3) is 0.625. The van der Waals surface area contributed by atoms with Crippen LogP contribution in [0.4, 0.5) is 5.82 Å². The molecule has 2 heterocycles. The van der Waals surface area contributed by atoms with Crippen LogP contribution in [0.5, 0.6) is 0 Å². The highest BCUT2D eigenvalue weighted by molar-refractivity contribution is 5.88. The quantitative estimate of drug-likeness (QED) is 0.863. The normalized spacial score (nSPS) is 19.3. The predicted molar refractivity (Wildman–Crippen MR) is 97.3 cm³/mol. The van der Waals surface area contributed by atoms with E-state index in [1.165, 1.54) is 12.8 Å². The summed E-state index contributed by atoms with van der Waals surface area (Å²) in [6.07, 6.45) is 5.91. The van der Waals surface area contributed by atoms with Crippen LogP contribution in [0.3, 0.4) is 0 Å². The molecule has 3 rings (SSSR count). The third-order valence-corrected chi connectivity index (χ3v) is 4.61. The first-order valence-electron chi connectivity index (χ1n) is 7.84. The van der Waals surface area contributed by atoms with Gasteiger partial charge in [-0.2, -0.15) is 0 Å². The molecule has 1 aliphatic carbocycles. The van der Waals surface area contributed by atoms with Gasteiger partial charge in [0.2, 0.25) is 5.91 Å². The Labute approximate surface area is 150 Å². The molecule has 2 aliphatic rings. The number of nitrogens with one attached hydrogen (secondary N) is 1. The summed E-state index contributed by atoms with van der Waals surface area (Å²) in [5, 5.41) is 2.89. The number of carbonyl (C=O) groups excluding carboxylic acids is 1. The van der Waals surface area contributed by atoms with Crippen molar-refractivity contribution >= 4 is 36.5 Å². The van der Waals surface area contributed by atoms with Gasteiger partial charge in [-0.15, -0.1) is 24.8 Å². The molecule has 0 aromatic carbocycles. The van der Waals surface area contributed by atoms with Gasteiger partial charge in [0, 0.05) is 25.8 Å².